The first-order valence-electron chi connectivity index (χ1n) is 9.74. The average Bonchev–Trinajstić information content (AvgIpc) is 2.61. The van der Waals surface area contributed by atoms with Gasteiger partial charge in [0.05, 0.1) is 11.3 Å². The molecule has 1 aliphatic carbocycles. The van der Waals surface area contributed by atoms with Crippen LogP contribution in [-0.4, -0.2) is 61.1 Å². The number of rotatable bonds is 4. The molecule has 0 amide bonds. The van der Waals surface area contributed by atoms with Gasteiger partial charge in [-0.15, -0.1) is 10.2 Å². The number of phenols is 1. The van der Waals surface area contributed by atoms with Crippen LogP contribution in [0.15, 0.2) is 18.2 Å². The molecule has 8 heteroatoms. The number of nitrogens with one attached hydrogen (secondary N) is 1. The molecule has 3 N–H and O–H groups in total. The van der Waals surface area contributed by atoms with Gasteiger partial charge in [0.2, 0.25) is 5.95 Å². The first-order chi connectivity index (χ1) is 13.3. The molecule has 0 spiro atoms. The molecular weight excluding hydrogens is 378 g/mol. The fourth-order valence-electron chi connectivity index (χ4n) is 4.27. The molecule has 2 aliphatic rings. The second kappa shape index (κ2) is 7.46. The van der Waals surface area contributed by atoms with Crippen LogP contribution in [0, 0.1) is 6.92 Å². The van der Waals surface area contributed by atoms with E-state index in [0.29, 0.717) is 34.0 Å². The summed E-state index contributed by atoms with van der Waals surface area (Å²) in [6.07, 6.45) is 3.85. The van der Waals surface area contributed by atoms with Crippen LogP contribution in [0.3, 0.4) is 0 Å². The van der Waals surface area contributed by atoms with Crippen molar-refractivity contribution in [3.05, 3.63) is 28.9 Å². The van der Waals surface area contributed by atoms with Crippen molar-refractivity contribution in [2.24, 2.45) is 0 Å². The Kier molecular flexibility index (Phi) is 5.16. The van der Waals surface area contributed by atoms with Gasteiger partial charge in [-0.05, 0) is 64.3 Å². The Hall–Kier alpha value is -1.96. The third kappa shape index (κ3) is 4.06. The van der Waals surface area contributed by atoms with Crippen molar-refractivity contribution in [1.82, 2.24) is 20.1 Å². The number of nitrogens with zero attached hydrogens (tertiary/aromatic N) is 4. The predicted molar refractivity (Wildman–Crippen MR) is 109 cm³/mol. The Morgan fingerprint density at radius 2 is 2.07 bits per heavy atom. The van der Waals surface area contributed by atoms with Crippen molar-refractivity contribution in [3.63, 3.8) is 0 Å². The van der Waals surface area contributed by atoms with Gasteiger partial charge in [-0.3, -0.25) is 4.90 Å². The van der Waals surface area contributed by atoms with Crippen LogP contribution in [0.4, 0.5) is 5.95 Å². The van der Waals surface area contributed by atoms with Crippen molar-refractivity contribution < 1.29 is 10.2 Å². The van der Waals surface area contributed by atoms with Gasteiger partial charge in [-0.1, -0.05) is 11.6 Å². The summed E-state index contributed by atoms with van der Waals surface area (Å²) in [6, 6.07) is 5.64. The molecule has 150 valence electrons. The third-order valence-electron chi connectivity index (χ3n) is 5.73. The molecule has 4 rings (SSSR count). The van der Waals surface area contributed by atoms with Gasteiger partial charge in [0, 0.05) is 29.2 Å². The summed E-state index contributed by atoms with van der Waals surface area (Å²) in [5.41, 5.74) is 1.30. The van der Waals surface area contributed by atoms with E-state index in [4.69, 9.17) is 11.6 Å². The van der Waals surface area contributed by atoms with Gasteiger partial charge in [-0.25, -0.2) is 4.98 Å². The number of aliphatic hydroxyl groups is 1. The summed E-state index contributed by atoms with van der Waals surface area (Å²) in [5, 5.41) is 32.5. The van der Waals surface area contributed by atoms with Gasteiger partial charge in [-0.2, -0.15) is 0 Å². The van der Waals surface area contributed by atoms with Crippen molar-refractivity contribution in [1.29, 1.82) is 0 Å². The maximum atomic E-state index is 10.1. The first-order valence-corrected chi connectivity index (χ1v) is 10.1. The van der Waals surface area contributed by atoms with E-state index in [9.17, 15) is 10.2 Å². The minimum Gasteiger partial charge on any atom is -0.507 e. The molecule has 2 fully saturated rings. The standard InChI is InChI=1S/C20H26ClN5O2/c1-12-18(16-6-5-13(21)8-17(16)27)24-25-19(22-12)23-14-4-3-7-26(11-14)15-9-20(2,28)10-15/h5-6,8,14-15,27-28H,3-4,7,9-11H2,1-2H3,(H,22,23,25). The van der Waals surface area contributed by atoms with E-state index in [2.05, 4.69) is 25.4 Å². The zero-order chi connectivity index (χ0) is 19.9. The molecule has 7 nitrogen and oxygen atoms in total. The fraction of sp³-hybridized carbons (Fsp3) is 0.550. The molecule has 1 aromatic heterocycles. The lowest BCUT2D eigenvalue weighted by Crippen LogP contribution is -2.57. The van der Waals surface area contributed by atoms with Crippen molar-refractivity contribution in [2.45, 2.75) is 57.2 Å². The molecule has 1 saturated heterocycles. The average molecular weight is 404 g/mol. The summed E-state index contributed by atoms with van der Waals surface area (Å²) >= 11 is 5.90. The summed E-state index contributed by atoms with van der Waals surface area (Å²) in [6.45, 7) is 5.76. The van der Waals surface area contributed by atoms with Crippen LogP contribution >= 0.6 is 11.6 Å². The number of aryl methyl sites for hydroxylation is 1. The highest BCUT2D eigenvalue weighted by molar-refractivity contribution is 6.30. The molecule has 28 heavy (non-hydrogen) atoms. The summed E-state index contributed by atoms with van der Waals surface area (Å²) in [7, 11) is 0. The topological polar surface area (TPSA) is 94.4 Å². The lowest BCUT2D eigenvalue weighted by Gasteiger charge is -2.49. The maximum Gasteiger partial charge on any atom is 0.243 e. The second-order valence-electron chi connectivity index (χ2n) is 8.27. The maximum absolute atomic E-state index is 10.1. The molecule has 2 aromatic rings. The summed E-state index contributed by atoms with van der Waals surface area (Å²) in [4.78, 5) is 7.00. The van der Waals surface area contributed by atoms with E-state index in [-0.39, 0.29) is 11.8 Å². The molecule has 0 radical (unpaired) electrons. The first kappa shape index (κ1) is 19.4. The number of anilines is 1. The van der Waals surface area contributed by atoms with Gasteiger partial charge >= 0.3 is 0 Å². The number of benzene rings is 1. The highest BCUT2D eigenvalue weighted by atomic mass is 35.5. The third-order valence-corrected chi connectivity index (χ3v) is 5.96. The number of hydrogen-bond acceptors (Lipinski definition) is 7. The highest BCUT2D eigenvalue weighted by Crippen LogP contribution is 2.36. The predicted octanol–water partition coefficient (Wildman–Crippen LogP) is 3.00. The minimum atomic E-state index is -0.502. The van der Waals surface area contributed by atoms with Crippen molar-refractivity contribution in [3.8, 4) is 17.0 Å². The number of phenolic OH excluding ortho intramolecular Hbond substituents is 1. The number of halogens is 1. The lowest BCUT2D eigenvalue weighted by atomic mass is 9.76. The van der Waals surface area contributed by atoms with E-state index in [1.165, 1.54) is 6.07 Å². The molecular formula is C20H26ClN5O2. The number of aromatic hydroxyl groups is 1. The van der Waals surface area contributed by atoms with E-state index in [0.717, 1.165) is 38.8 Å². The zero-order valence-electron chi connectivity index (χ0n) is 16.2. The van der Waals surface area contributed by atoms with E-state index >= 15 is 0 Å². The normalized spacial score (nSPS) is 28.0. The van der Waals surface area contributed by atoms with E-state index in [1.54, 1.807) is 12.1 Å². The highest BCUT2D eigenvalue weighted by Gasteiger charge is 2.42. The molecule has 2 heterocycles. The van der Waals surface area contributed by atoms with Crippen LogP contribution in [0.2, 0.25) is 5.02 Å². The minimum absolute atomic E-state index is 0.0618. The van der Waals surface area contributed by atoms with Gasteiger partial charge in [0.15, 0.2) is 0 Å². The SMILES string of the molecule is Cc1nc(NC2CCCN(C3CC(C)(O)C3)C2)nnc1-c1ccc(Cl)cc1O. The van der Waals surface area contributed by atoms with Crippen LogP contribution in [0.25, 0.3) is 11.3 Å². The molecule has 1 aliphatic heterocycles. The molecule has 1 aromatic carbocycles. The number of hydrogen-bond donors (Lipinski definition) is 3. The number of aromatic nitrogens is 3. The summed E-state index contributed by atoms with van der Waals surface area (Å²) in [5.74, 6) is 0.564. The zero-order valence-corrected chi connectivity index (χ0v) is 16.9. The molecule has 0 bridgehead atoms. The van der Waals surface area contributed by atoms with Gasteiger partial charge < -0.3 is 15.5 Å². The van der Waals surface area contributed by atoms with Gasteiger partial charge in [0.25, 0.3) is 0 Å². The van der Waals surface area contributed by atoms with Crippen LogP contribution < -0.4 is 5.32 Å². The lowest BCUT2D eigenvalue weighted by molar-refractivity contribution is -0.0823. The van der Waals surface area contributed by atoms with Crippen molar-refractivity contribution >= 4 is 17.5 Å². The Morgan fingerprint density at radius 1 is 1.29 bits per heavy atom. The Balaban J connectivity index is 1.43. The molecule has 1 atom stereocenters. The van der Waals surface area contributed by atoms with Crippen LogP contribution in [0.1, 0.15) is 38.3 Å². The monoisotopic (exact) mass is 403 g/mol. The Labute approximate surface area is 169 Å². The Bertz CT molecular complexity index is 868. The summed E-state index contributed by atoms with van der Waals surface area (Å²) < 4.78 is 0. The van der Waals surface area contributed by atoms with Crippen LogP contribution in [-0.2, 0) is 0 Å². The number of piperidine rings is 1. The number of likely N-dealkylation sites (tertiary alicyclic amines) is 1. The van der Waals surface area contributed by atoms with Gasteiger partial charge in [0.1, 0.15) is 11.4 Å². The van der Waals surface area contributed by atoms with E-state index < -0.39 is 5.60 Å². The van der Waals surface area contributed by atoms with E-state index in [1.807, 2.05) is 13.8 Å². The second-order valence-corrected chi connectivity index (χ2v) is 8.70. The smallest absolute Gasteiger partial charge is 0.243 e. The van der Waals surface area contributed by atoms with Crippen LogP contribution in [0.5, 0.6) is 5.75 Å². The molecule has 1 saturated carbocycles. The molecule has 1 unspecified atom stereocenters. The fourth-order valence-corrected chi connectivity index (χ4v) is 4.44. The Morgan fingerprint density at radius 3 is 2.75 bits per heavy atom. The quantitative estimate of drug-likeness (QED) is 0.722. The largest absolute Gasteiger partial charge is 0.507 e. The van der Waals surface area contributed by atoms with Crippen molar-refractivity contribution in [2.75, 3.05) is 18.4 Å².